The summed E-state index contributed by atoms with van der Waals surface area (Å²) >= 11 is 0. The van der Waals surface area contributed by atoms with Crippen LogP contribution in [0.15, 0.2) is 30.3 Å². The van der Waals surface area contributed by atoms with E-state index in [2.05, 4.69) is 0 Å². The molecule has 5 heteroatoms. The van der Waals surface area contributed by atoms with E-state index in [1.165, 1.54) is 0 Å². The third-order valence-corrected chi connectivity index (χ3v) is 2.18. The van der Waals surface area contributed by atoms with Gasteiger partial charge in [-0.05, 0) is 26.1 Å². The predicted octanol–water partition coefficient (Wildman–Crippen LogP) is 2.09. The monoisotopic (exact) mass is 265 g/mol. The third kappa shape index (κ3) is 5.35. The van der Waals surface area contributed by atoms with Gasteiger partial charge in [-0.2, -0.15) is 0 Å². The van der Waals surface area contributed by atoms with Crippen LogP contribution in [0.3, 0.4) is 0 Å². The Morgan fingerprint density at radius 2 is 1.75 bits per heavy atom. The summed E-state index contributed by atoms with van der Waals surface area (Å²) in [6.45, 7) is 0. The van der Waals surface area contributed by atoms with Gasteiger partial charge in [-0.15, -0.1) is 24.8 Å². The maximum atomic E-state index is 10.9. The van der Waals surface area contributed by atoms with Crippen molar-refractivity contribution in [3.05, 3.63) is 35.9 Å². The SMILES string of the molecule is CN(C)[C@@H](Cc1ccccc1)C(=O)O.Cl.Cl. The Bertz CT molecular complexity index is 304. The molecule has 0 aliphatic carbocycles. The van der Waals surface area contributed by atoms with E-state index >= 15 is 0 Å². The van der Waals surface area contributed by atoms with Gasteiger partial charge in [-0.1, -0.05) is 30.3 Å². The summed E-state index contributed by atoms with van der Waals surface area (Å²) in [5.41, 5.74) is 1.05. The van der Waals surface area contributed by atoms with Crippen LogP contribution in [0.4, 0.5) is 0 Å². The fourth-order valence-corrected chi connectivity index (χ4v) is 1.33. The van der Waals surface area contributed by atoms with Crippen molar-refractivity contribution in [2.24, 2.45) is 0 Å². The van der Waals surface area contributed by atoms with Crippen LogP contribution in [0.2, 0.25) is 0 Å². The van der Waals surface area contributed by atoms with Crippen molar-refractivity contribution >= 4 is 30.8 Å². The van der Waals surface area contributed by atoms with E-state index < -0.39 is 12.0 Å². The van der Waals surface area contributed by atoms with Gasteiger partial charge in [0.05, 0.1) is 0 Å². The van der Waals surface area contributed by atoms with E-state index in [-0.39, 0.29) is 24.8 Å². The lowest BCUT2D eigenvalue weighted by molar-refractivity contribution is -0.142. The van der Waals surface area contributed by atoms with E-state index in [9.17, 15) is 4.79 Å². The second kappa shape index (κ2) is 8.39. The quantitative estimate of drug-likeness (QED) is 0.907. The van der Waals surface area contributed by atoms with Crippen molar-refractivity contribution in [3.8, 4) is 0 Å². The molecule has 0 saturated heterocycles. The van der Waals surface area contributed by atoms with E-state index in [1.807, 2.05) is 30.3 Å². The molecule has 3 nitrogen and oxygen atoms in total. The van der Waals surface area contributed by atoms with Crippen molar-refractivity contribution in [1.82, 2.24) is 4.90 Å². The predicted molar refractivity (Wildman–Crippen MR) is 69.8 cm³/mol. The van der Waals surface area contributed by atoms with E-state index in [4.69, 9.17) is 5.11 Å². The zero-order chi connectivity index (χ0) is 10.6. The number of aliphatic carboxylic acids is 1. The van der Waals surface area contributed by atoms with Gasteiger partial charge in [-0.3, -0.25) is 9.69 Å². The van der Waals surface area contributed by atoms with Gasteiger partial charge in [-0.25, -0.2) is 0 Å². The zero-order valence-corrected chi connectivity index (χ0v) is 10.9. The number of carboxylic acid groups (broad SMARTS) is 1. The van der Waals surface area contributed by atoms with E-state index in [0.717, 1.165) is 5.56 Å². The maximum absolute atomic E-state index is 10.9. The Kier molecular flexibility index (Phi) is 9.24. The number of benzene rings is 1. The minimum atomic E-state index is -0.779. The van der Waals surface area contributed by atoms with Gasteiger partial charge in [0, 0.05) is 0 Å². The fourth-order valence-electron chi connectivity index (χ4n) is 1.33. The molecule has 1 N–H and O–H groups in total. The molecule has 0 aliphatic rings. The highest BCUT2D eigenvalue weighted by molar-refractivity contribution is 5.85. The van der Waals surface area contributed by atoms with Gasteiger partial charge in [0.1, 0.15) is 6.04 Å². The van der Waals surface area contributed by atoms with Crippen LogP contribution in [-0.2, 0) is 11.2 Å². The molecule has 0 spiro atoms. The van der Waals surface area contributed by atoms with Gasteiger partial charge in [0.2, 0.25) is 0 Å². The van der Waals surface area contributed by atoms with Crippen LogP contribution in [0, 0.1) is 0 Å². The molecule has 0 heterocycles. The summed E-state index contributed by atoms with van der Waals surface area (Å²) in [7, 11) is 3.56. The van der Waals surface area contributed by atoms with Gasteiger partial charge in [0.25, 0.3) is 0 Å². The average Bonchev–Trinajstić information content (AvgIpc) is 2.15. The minimum absolute atomic E-state index is 0. The first kappa shape index (κ1) is 17.6. The van der Waals surface area contributed by atoms with Crippen molar-refractivity contribution in [1.29, 1.82) is 0 Å². The zero-order valence-electron chi connectivity index (χ0n) is 9.29. The van der Waals surface area contributed by atoms with Crippen LogP contribution in [0.5, 0.6) is 0 Å². The lowest BCUT2D eigenvalue weighted by atomic mass is 10.1. The van der Waals surface area contributed by atoms with E-state index in [1.54, 1.807) is 19.0 Å². The fraction of sp³-hybridized carbons (Fsp3) is 0.364. The number of rotatable bonds is 4. The summed E-state index contributed by atoms with van der Waals surface area (Å²) in [5, 5.41) is 8.96. The molecule has 0 saturated carbocycles. The number of carbonyl (C=O) groups is 1. The van der Waals surface area contributed by atoms with Gasteiger partial charge in [0.15, 0.2) is 0 Å². The lowest BCUT2D eigenvalue weighted by Crippen LogP contribution is -2.37. The maximum Gasteiger partial charge on any atom is 0.321 e. The molecule has 0 amide bonds. The first-order chi connectivity index (χ1) is 6.61. The molecular weight excluding hydrogens is 249 g/mol. The normalized spacial score (nSPS) is 11.2. The van der Waals surface area contributed by atoms with Crippen molar-refractivity contribution in [3.63, 3.8) is 0 Å². The lowest BCUT2D eigenvalue weighted by Gasteiger charge is -2.19. The van der Waals surface area contributed by atoms with Crippen molar-refractivity contribution in [2.45, 2.75) is 12.5 Å². The standard InChI is InChI=1S/C11H15NO2.2ClH/c1-12(2)10(11(13)14)8-9-6-4-3-5-7-9;;/h3-7,10H,8H2,1-2H3,(H,13,14);2*1H/t10-;;/m0../s1. The van der Waals surface area contributed by atoms with Crippen molar-refractivity contribution < 1.29 is 9.90 Å². The first-order valence-electron chi connectivity index (χ1n) is 4.54. The summed E-state index contributed by atoms with van der Waals surface area (Å²) in [6, 6.07) is 9.21. The minimum Gasteiger partial charge on any atom is -0.480 e. The van der Waals surface area contributed by atoms with Crippen LogP contribution in [-0.4, -0.2) is 36.1 Å². The van der Waals surface area contributed by atoms with Crippen molar-refractivity contribution in [2.75, 3.05) is 14.1 Å². The van der Waals surface area contributed by atoms with Gasteiger partial charge >= 0.3 is 5.97 Å². The number of carboxylic acids is 1. The highest BCUT2D eigenvalue weighted by Crippen LogP contribution is 2.06. The Labute approximate surface area is 108 Å². The Hall–Kier alpha value is -0.770. The molecule has 0 bridgehead atoms. The highest BCUT2D eigenvalue weighted by Gasteiger charge is 2.19. The molecular formula is C11H17Cl2NO2. The molecule has 0 aliphatic heterocycles. The van der Waals surface area contributed by atoms with Crippen LogP contribution < -0.4 is 0 Å². The van der Waals surface area contributed by atoms with E-state index in [0.29, 0.717) is 6.42 Å². The topological polar surface area (TPSA) is 40.5 Å². The molecule has 0 unspecified atom stereocenters. The third-order valence-electron chi connectivity index (χ3n) is 2.18. The smallest absolute Gasteiger partial charge is 0.321 e. The highest BCUT2D eigenvalue weighted by atomic mass is 35.5. The average molecular weight is 266 g/mol. The van der Waals surface area contributed by atoms with Crippen LogP contribution in [0.25, 0.3) is 0 Å². The molecule has 92 valence electrons. The molecule has 0 aromatic heterocycles. The molecule has 1 rings (SSSR count). The largest absolute Gasteiger partial charge is 0.480 e. The Balaban J connectivity index is 0. The van der Waals surface area contributed by atoms with Crippen LogP contribution >= 0.6 is 24.8 Å². The summed E-state index contributed by atoms with van der Waals surface area (Å²) in [4.78, 5) is 12.6. The summed E-state index contributed by atoms with van der Waals surface area (Å²) in [5.74, 6) is -0.779. The summed E-state index contributed by atoms with van der Waals surface area (Å²) in [6.07, 6.45) is 0.545. The number of nitrogens with zero attached hydrogens (tertiary/aromatic N) is 1. The summed E-state index contributed by atoms with van der Waals surface area (Å²) < 4.78 is 0. The Morgan fingerprint density at radius 1 is 1.25 bits per heavy atom. The Morgan fingerprint density at radius 3 is 2.12 bits per heavy atom. The second-order valence-corrected chi connectivity index (χ2v) is 3.51. The first-order valence-corrected chi connectivity index (χ1v) is 4.54. The molecule has 1 aromatic rings. The molecule has 1 aromatic carbocycles. The number of hydrogen-bond donors (Lipinski definition) is 1. The number of hydrogen-bond acceptors (Lipinski definition) is 2. The molecule has 1 atom stereocenters. The molecule has 0 radical (unpaired) electrons. The molecule has 0 fully saturated rings. The van der Waals surface area contributed by atoms with Crippen LogP contribution in [0.1, 0.15) is 5.56 Å². The molecule has 16 heavy (non-hydrogen) atoms. The second-order valence-electron chi connectivity index (χ2n) is 3.51. The number of halogens is 2. The van der Waals surface area contributed by atoms with Gasteiger partial charge < -0.3 is 5.11 Å². The number of likely N-dealkylation sites (N-methyl/N-ethyl adjacent to an activating group) is 1.